The molecule has 5 N–H and O–H groups in total. The second kappa shape index (κ2) is 6.26. The summed E-state index contributed by atoms with van der Waals surface area (Å²) in [5.41, 5.74) is 1.32. The Labute approximate surface area is 135 Å². The summed E-state index contributed by atoms with van der Waals surface area (Å²) in [5.74, 6) is 0.297. The summed E-state index contributed by atoms with van der Waals surface area (Å²) >= 11 is 0. The van der Waals surface area contributed by atoms with E-state index in [0.717, 1.165) is 5.56 Å². The van der Waals surface area contributed by atoms with Crippen molar-refractivity contribution < 1.29 is 24.1 Å². The maximum absolute atomic E-state index is 10.0. The summed E-state index contributed by atoms with van der Waals surface area (Å²) in [4.78, 5) is 0. The van der Waals surface area contributed by atoms with Crippen LogP contribution in [0.15, 0.2) is 48.5 Å². The lowest BCUT2D eigenvalue weighted by Crippen LogP contribution is -2.26. The minimum Gasteiger partial charge on any atom is -0.508 e. The average Bonchev–Trinajstić information content (AvgIpc) is 2.79. The maximum atomic E-state index is 10.0. The molecule has 0 spiro atoms. The lowest BCUT2D eigenvalue weighted by molar-refractivity contribution is 0.181. The van der Waals surface area contributed by atoms with Crippen LogP contribution >= 0.6 is 11.0 Å². The van der Waals surface area contributed by atoms with Crippen molar-refractivity contribution in [3.8, 4) is 11.5 Å². The first-order chi connectivity index (χ1) is 11.0. The quantitative estimate of drug-likeness (QED) is 0.582. The molecule has 1 saturated heterocycles. The molecule has 3 rings (SSSR count). The molecule has 124 valence electrons. The molecule has 0 radical (unpaired) electrons. The normalized spacial score (nSPS) is 21.2. The second-order valence-electron chi connectivity index (χ2n) is 5.14. The predicted molar refractivity (Wildman–Crippen MR) is 88.2 cm³/mol. The van der Waals surface area contributed by atoms with E-state index in [4.69, 9.17) is 4.74 Å². The standard InChI is InChI=1S/C15H18N2O5S/c18-12-6-7-13(17-9-15(19)16-23(17,20)21)14(8-12)22-10-11-4-2-1-3-5-11/h1-8,15-16,18-21H,9-10H2. The van der Waals surface area contributed by atoms with Crippen LogP contribution < -0.4 is 13.8 Å². The molecule has 1 heterocycles. The molecule has 1 aliphatic heterocycles. The van der Waals surface area contributed by atoms with Crippen LogP contribution in [0.2, 0.25) is 0 Å². The first-order valence-corrected chi connectivity index (χ1v) is 8.47. The third kappa shape index (κ3) is 3.52. The number of hydrogen-bond acceptors (Lipinski definition) is 7. The molecule has 1 aliphatic rings. The van der Waals surface area contributed by atoms with Gasteiger partial charge in [0.25, 0.3) is 0 Å². The van der Waals surface area contributed by atoms with Gasteiger partial charge in [-0.2, -0.15) is 4.72 Å². The number of rotatable bonds is 4. The molecular weight excluding hydrogens is 320 g/mol. The Hall–Kier alpha value is -1.97. The number of nitrogens with zero attached hydrogens (tertiary/aromatic N) is 1. The molecule has 0 bridgehead atoms. The highest BCUT2D eigenvalue weighted by molar-refractivity contribution is 8.24. The third-order valence-corrected chi connectivity index (χ3v) is 4.94. The molecule has 1 atom stereocenters. The zero-order chi connectivity index (χ0) is 16.4. The zero-order valence-corrected chi connectivity index (χ0v) is 13.0. The van der Waals surface area contributed by atoms with E-state index in [2.05, 4.69) is 4.72 Å². The Bertz CT molecular complexity index is 683. The summed E-state index contributed by atoms with van der Waals surface area (Å²) in [6, 6.07) is 13.8. The molecule has 2 aromatic rings. The number of phenols is 1. The van der Waals surface area contributed by atoms with Gasteiger partial charge in [0.05, 0.1) is 6.54 Å². The van der Waals surface area contributed by atoms with Gasteiger partial charge in [-0.25, -0.2) is 0 Å². The Kier molecular flexibility index (Phi) is 4.33. The molecule has 1 unspecified atom stereocenters. The summed E-state index contributed by atoms with van der Waals surface area (Å²) in [6.07, 6.45) is -1.06. The van der Waals surface area contributed by atoms with Crippen molar-refractivity contribution in [2.24, 2.45) is 0 Å². The largest absolute Gasteiger partial charge is 0.508 e. The van der Waals surface area contributed by atoms with Gasteiger partial charge in [-0.05, 0) is 17.7 Å². The van der Waals surface area contributed by atoms with E-state index in [1.807, 2.05) is 30.3 Å². The van der Waals surface area contributed by atoms with Gasteiger partial charge < -0.3 is 14.9 Å². The van der Waals surface area contributed by atoms with Crippen molar-refractivity contribution in [1.29, 1.82) is 0 Å². The van der Waals surface area contributed by atoms with Gasteiger partial charge in [-0.1, -0.05) is 41.3 Å². The van der Waals surface area contributed by atoms with Crippen LogP contribution in [0.3, 0.4) is 0 Å². The molecule has 2 aromatic carbocycles. The summed E-state index contributed by atoms with van der Waals surface area (Å²) in [5, 5.41) is 19.3. The minimum atomic E-state index is -3.34. The molecule has 0 saturated carbocycles. The van der Waals surface area contributed by atoms with Crippen LogP contribution in [0, 0.1) is 0 Å². The van der Waals surface area contributed by atoms with Crippen molar-refractivity contribution >= 4 is 16.6 Å². The van der Waals surface area contributed by atoms with Crippen molar-refractivity contribution in [3.63, 3.8) is 0 Å². The SMILES string of the molecule is Oc1ccc(N2CC(O)NS2(O)O)c(OCc2ccccc2)c1. The molecular formula is C15H18N2O5S. The number of hydrogen-bond donors (Lipinski definition) is 5. The average molecular weight is 338 g/mol. The Morgan fingerprint density at radius 1 is 1.17 bits per heavy atom. The number of nitrogens with one attached hydrogen (secondary N) is 1. The third-order valence-electron chi connectivity index (χ3n) is 3.39. The summed E-state index contributed by atoms with van der Waals surface area (Å²) in [6.45, 7) is 0.259. The molecule has 8 heteroatoms. The van der Waals surface area contributed by atoms with Gasteiger partial charge >= 0.3 is 0 Å². The van der Waals surface area contributed by atoms with E-state index < -0.39 is 17.2 Å². The zero-order valence-electron chi connectivity index (χ0n) is 12.2. The van der Waals surface area contributed by atoms with Gasteiger partial charge in [0.15, 0.2) is 0 Å². The van der Waals surface area contributed by atoms with Crippen LogP contribution in [0.4, 0.5) is 5.69 Å². The fourth-order valence-electron chi connectivity index (χ4n) is 2.34. The Morgan fingerprint density at radius 3 is 2.57 bits per heavy atom. The maximum Gasteiger partial charge on any atom is 0.148 e. The van der Waals surface area contributed by atoms with E-state index in [1.54, 1.807) is 0 Å². The van der Waals surface area contributed by atoms with Gasteiger partial charge in [-0.15, -0.1) is 0 Å². The lowest BCUT2D eigenvalue weighted by Gasteiger charge is -2.37. The van der Waals surface area contributed by atoms with Crippen molar-refractivity contribution in [2.75, 3.05) is 10.8 Å². The van der Waals surface area contributed by atoms with E-state index >= 15 is 0 Å². The van der Waals surface area contributed by atoms with Gasteiger partial charge in [-0.3, -0.25) is 13.4 Å². The van der Waals surface area contributed by atoms with Gasteiger partial charge in [0, 0.05) is 6.07 Å². The first-order valence-electron chi connectivity index (χ1n) is 6.97. The van der Waals surface area contributed by atoms with Crippen LogP contribution in [0.25, 0.3) is 0 Å². The number of anilines is 1. The molecule has 0 aromatic heterocycles. The number of ether oxygens (including phenoxy) is 1. The van der Waals surface area contributed by atoms with Gasteiger partial charge in [0.2, 0.25) is 0 Å². The number of aromatic hydroxyl groups is 1. The number of benzene rings is 2. The number of aliphatic hydroxyl groups is 1. The molecule has 7 nitrogen and oxygen atoms in total. The lowest BCUT2D eigenvalue weighted by atomic mass is 10.2. The highest BCUT2D eigenvalue weighted by atomic mass is 32.3. The van der Waals surface area contributed by atoms with Crippen molar-refractivity contribution in [1.82, 2.24) is 4.72 Å². The Balaban J connectivity index is 1.86. The van der Waals surface area contributed by atoms with Crippen LogP contribution in [-0.2, 0) is 6.61 Å². The van der Waals surface area contributed by atoms with E-state index in [-0.39, 0.29) is 18.9 Å². The fourth-order valence-corrected chi connectivity index (χ4v) is 3.68. The number of aliphatic hydroxyl groups excluding tert-OH is 1. The molecule has 0 amide bonds. The predicted octanol–water partition coefficient (Wildman–Crippen LogP) is 2.28. The van der Waals surface area contributed by atoms with Crippen LogP contribution in [0.5, 0.6) is 11.5 Å². The van der Waals surface area contributed by atoms with E-state index in [0.29, 0.717) is 11.4 Å². The number of β-amino-alcohol motifs (C(OH)–C–C–N with tert-alkyl or cyclic N) is 1. The van der Waals surface area contributed by atoms with Gasteiger partial charge in [0.1, 0.15) is 30.0 Å². The number of phenolic OH excluding ortho intramolecular Hbond substituents is 1. The highest BCUT2D eigenvalue weighted by Gasteiger charge is 2.36. The van der Waals surface area contributed by atoms with Crippen LogP contribution in [-0.4, -0.2) is 32.1 Å². The van der Waals surface area contributed by atoms with Crippen LogP contribution in [0.1, 0.15) is 5.56 Å². The minimum absolute atomic E-state index is 0.000922. The summed E-state index contributed by atoms with van der Waals surface area (Å²) in [7, 11) is -3.34. The topological polar surface area (TPSA) is 105 Å². The Morgan fingerprint density at radius 2 is 1.91 bits per heavy atom. The van der Waals surface area contributed by atoms with E-state index in [9.17, 15) is 19.3 Å². The highest BCUT2D eigenvalue weighted by Crippen LogP contribution is 2.50. The van der Waals surface area contributed by atoms with Crippen molar-refractivity contribution in [2.45, 2.75) is 12.8 Å². The molecule has 23 heavy (non-hydrogen) atoms. The smallest absolute Gasteiger partial charge is 0.148 e. The second-order valence-corrected chi connectivity index (χ2v) is 6.85. The first kappa shape index (κ1) is 15.9. The monoisotopic (exact) mass is 338 g/mol. The molecule has 0 aliphatic carbocycles. The fraction of sp³-hybridized carbons (Fsp3) is 0.200. The van der Waals surface area contributed by atoms with Crippen molar-refractivity contribution in [3.05, 3.63) is 54.1 Å². The summed E-state index contributed by atoms with van der Waals surface area (Å²) < 4.78 is 29.3. The molecule has 1 fully saturated rings. The van der Waals surface area contributed by atoms with E-state index in [1.165, 1.54) is 22.5 Å².